The van der Waals surface area contributed by atoms with Crippen LogP contribution < -0.4 is 11.1 Å². The number of urea groups is 1. The topological polar surface area (TPSA) is 113 Å². The zero-order chi connectivity index (χ0) is 12.3. The van der Waals surface area contributed by atoms with Crippen molar-refractivity contribution in [2.75, 3.05) is 13.1 Å². The van der Waals surface area contributed by atoms with E-state index in [2.05, 4.69) is 5.32 Å². The first-order valence-corrected chi connectivity index (χ1v) is 4.96. The second kappa shape index (κ2) is 4.82. The molecule has 1 aliphatic heterocycles. The SMILES string of the molecule is CC(NC(=O)N1CC(CC(=O)O)C1)C(N)=O. The Hall–Kier alpha value is -1.79. The summed E-state index contributed by atoms with van der Waals surface area (Å²) in [6.07, 6.45) is 0.0646. The van der Waals surface area contributed by atoms with E-state index in [0.717, 1.165) is 0 Å². The number of amides is 3. The fraction of sp³-hybridized carbons (Fsp3) is 0.667. The van der Waals surface area contributed by atoms with Gasteiger partial charge in [-0.25, -0.2) is 4.79 Å². The lowest BCUT2D eigenvalue weighted by molar-refractivity contribution is -0.139. The first-order valence-electron chi connectivity index (χ1n) is 4.96. The molecule has 0 aromatic rings. The zero-order valence-corrected chi connectivity index (χ0v) is 8.97. The Balaban J connectivity index is 2.27. The van der Waals surface area contributed by atoms with Crippen molar-refractivity contribution in [3.05, 3.63) is 0 Å². The smallest absolute Gasteiger partial charge is 0.318 e. The van der Waals surface area contributed by atoms with Crippen molar-refractivity contribution in [3.8, 4) is 0 Å². The molecule has 4 N–H and O–H groups in total. The average Bonchev–Trinajstić information content (AvgIpc) is 2.09. The monoisotopic (exact) mass is 229 g/mol. The Kier molecular flexibility index (Phi) is 3.70. The van der Waals surface area contributed by atoms with Crippen LogP contribution in [0.25, 0.3) is 0 Å². The maximum absolute atomic E-state index is 11.4. The van der Waals surface area contributed by atoms with Crippen LogP contribution in [0.1, 0.15) is 13.3 Å². The number of carbonyl (C=O) groups is 3. The molecule has 1 atom stereocenters. The van der Waals surface area contributed by atoms with Crippen LogP contribution in [0.4, 0.5) is 4.79 Å². The quantitative estimate of drug-likeness (QED) is 0.572. The van der Waals surface area contributed by atoms with Gasteiger partial charge in [0.05, 0.1) is 6.42 Å². The molecule has 7 heteroatoms. The summed E-state index contributed by atoms with van der Waals surface area (Å²) in [5.41, 5.74) is 4.99. The zero-order valence-electron chi connectivity index (χ0n) is 8.97. The highest BCUT2D eigenvalue weighted by atomic mass is 16.4. The number of nitrogens with zero attached hydrogens (tertiary/aromatic N) is 1. The first-order chi connectivity index (χ1) is 7.40. The van der Waals surface area contributed by atoms with Gasteiger partial charge in [0.25, 0.3) is 0 Å². The summed E-state index contributed by atoms with van der Waals surface area (Å²) in [6.45, 7) is 2.31. The average molecular weight is 229 g/mol. The van der Waals surface area contributed by atoms with E-state index in [-0.39, 0.29) is 18.4 Å². The third-order valence-corrected chi connectivity index (χ3v) is 2.47. The van der Waals surface area contributed by atoms with E-state index in [1.807, 2.05) is 0 Å². The van der Waals surface area contributed by atoms with Crippen molar-refractivity contribution in [2.45, 2.75) is 19.4 Å². The van der Waals surface area contributed by atoms with Crippen molar-refractivity contribution in [1.82, 2.24) is 10.2 Å². The Morgan fingerprint density at radius 2 is 2.06 bits per heavy atom. The van der Waals surface area contributed by atoms with Crippen LogP contribution >= 0.6 is 0 Å². The second-order valence-electron chi connectivity index (χ2n) is 3.94. The molecule has 0 spiro atoms. The largest absolute Gasteiger partial charge is 0.481 e. The van der Waals surface area contributed by atoms with Gasteiger partial charge in [0.15, 0.2) is 0 Å². The molecule has 3 amide bonds. The summed E-state index contributed by atoms with van der Waals surface area (Å²) in [7, 11) is 0. The number of rotatable bonds is 4. The molecule has 16 heavy (non-hydrogen) atoms. The van der Waals surface area contributed by atoms with Crippen molar-refractivity contribution in [2.24, 2.45) is 11.7 Å². The molecule has 1 rings (SSSR count). The lowest BCUT2D eigenvalue weighted by Crippen LogP contribution is -2.57. The molecule has 1 fully saturated rings. The predicted octanol–water partition coefficient (Wildman–Crippen LogP) is -1.02. The number of primary amides is 1. The standard InChI is InChI=1S/C9H15N3O4/c1-5(8(10)15)11-9(16)12-3-6(4-12)2-7(13)14/h5-6H,2-4H2,1H3,(H2,10,15)(H,11,16)(H,13,14). The third-order valence-electron chi connectivity index (χ3n) is 2.47. The van der Waals surface area contributed by atoms with Crippen LogP contribution in [0.5, 0.6) is 0 Å². The Labute approximate surface area is 92.6 Å². The van der Waals surface area contributed by atoms with Crippen LogP contribution in [0.15, 0.2) is 0 Å². The highest BCUT2D eigenvalue weighted by Crippen LogP contribution is 2.18. The normalized spacial score (nSPS) is 17.4. The summed E-state index contributed by atoms with van der Waals surface area (Å²) in [5, 5.41) is 10.9. The van der Waals surface area contributed by atoms with Gasteiger partial charge < -0.3 is 21.1 Å². The lowest BCUT2D eigenvalue weighted by Gasteiger charge is -2.38. The number of hydrogen-bond acceptors (Lipinski definition) is 3. The van der Waals surface area contributed by atoms with Crippen LogP contribution in [0.3, 0.4) is 0 Å². The minimum atomic E-state index is -0.865. The minimum absolute atomic E-state index is 0.00661. The van der Waals surface area contributed by atoms with Crippen molar-refractivity contribution >= 4 is 17.9 Å². The number of nitrogens with two attached hydrogens (primary N) is 1. The number of nitrogens with one attached hydrogen (secondary N) is 1. The lowest BCUT2D eigenvalue weighted by atomic mass is 9.97. The van der Waals surface area contributed by atoms with Gasteiger partial charge in [0.2, 0.25) is 5.91 Å². The molecule has 0 aromatic carbocycles. The van der Waals surface area contributed by atoms with Crippen molar-refractivity contribution in [1.29, 1.82) is 0 Å². The van der Waals surface area contributed by atoms with Crippen LogP contribution in [0.2, 0.25) is 0 Å². The van der Waals surface area contributed by atoms with E-state index in [1.165, 1.54) is 11.8 Å². The molecular formula is C9H15N3O4. The van der Waals surface area contributed by atoms with E-state index >= 15 is 0 Å². The fourth-order valence-electron chi connectivity index (χ4n) is 1.46. The molecule has 1 saturated heterocycles. The van der Waals surface area contributed by atoms with E-state index < -0.39 is 17.9 Å². The molecule has 1 heterocycles. The Morgan fingerprint density at radius 3 is 2.50 bits per heavy atom. The summed E-state index contributed by atoms with van der Waals surface area (Å²) >= 11 is 0. The maximum atomic E-state index is 11.4. The van der Waals surface area contributed by atoms with E-state index in [4.69, 9.17) is 10.8 Å². The van der Waals surface area contributed by atoms with Gasteiger partial charge in [-0.05, 0) is 6.92 Å². The van der Waals surface area contributed by atoms with Crippen LogP contribution in [0, 0.1) is 5.92 Å². The molecule has 0 bridgehead atoms. The summed E-state index contributed by atoms with van der Waals surface area (Å²) in [5.74, 6) is -1.46. The molecule has 0 aliphatic carbocycles. The number of carboxylic acids is 1. The van der Waals surface area contributed by atoms with Gasteiger partial charge in [-0.15, -0.1) is 0 Å². The molecule has 0 saturated carbocycles. The highest BCUT2D eigenvalue weighted by molar-refractivity contribution is 5.85. The fourth-order valence-corrected chi connectivity index (χ4v) is 1.46. The summed E-state index contributed by atoms with van der Waals surface area (Å²) < 4.78 is 0. The summed E-state index contributed by atoms with van der Waals surface area (Å²) in [6, 6.07) is -1.10. The minimum Gasteiger partial charge on any atom is -0.481 e. The van der Waals surface area contributed by atoms with Gasteiger partial charge in [-0.3, -0.25) is 9.59 Å². The molecule has 7 nitrogen and oxygen atoms in total. The van der Waals surface area contributed by atoms with E-state index in [9.17, 15) is 14.4 Å². The van der Waals surface area contributed by atoms with Crippen LogP contribution in [-0.2, 0) is 9.59 Å². The van der Waals surface area contributed by atoms with Crippen molar-refractivity contribution < 1.29 is 19.5 Å². The number of carbonyl (C=O) groups excluding carboxylic acids is 2. The molecule has 90 valence electrons. The molecule has 0 radical (unpaired) electrons. The predicted molar refractivity (Wildman–Crippen MR) is 54.5 cm³/mol. The first kappa shape index (κ1) is 12.3. The Morgan fingerprint density at radius 1 is 1.50 bits per heavy atom. The number of hydrogen-bond donors (Lipinski definition) is 3. The molecular weight excluding hydrogens is 214 g/mol. The van der Waals surface area contributed by atoms with Crippen LogP contribution in [-0.4, -0.2) is 47.0 Å². The van der Waals surface area contributed by atoms with E-state index in [1.54, 1.807) is 0 Å². The van der Waals surface area contributed by atoms with Gasteiger partial charge in [-0.1, -0.05) is 0 Å². The highest BCUT2D eigenvalue weighted by Gasteiger charge is 2.32. The van der Waals surface area contributed by atoms with Gasteiger partial charge in [-0.2, -0.15) is 0 Å². The maximum Gasteiger partial charge on any atom is 0.318 e. The van der Waals surface area contributed by atoms with Crippen molar-refractivity contribution in [3.63, 3.8) is 0 Å². The van der Waals surface area contributed by atoms with Gasteiger partial charge in [0.1, 0.15) is 6.04 Å². The molecule has 1 unspecified atom stereocenters. The Bertz CT molecular complexity index is 312. The molecule has 1 aliphatic rings. The van der Waals surface area contributed by atoms with Gasteiger partial charge in [0, 0.05) is 19.0 Å². The number of likely N-dealkylation sites (tertiary alicyclic amines) is 1. The number of carboxylic acid groups (broad SMARTS) is 1. The second-order valence-corrected chi connectivity index (χ2v) is 3.94. The third kappa shape index (κ3) is 3.11. The molecule has 0 aromatic heterocycles. The summed E-state index contributed by atoms with van der Waals surface area (Å²) in [4.78, 5) is 33.9. The van der Waals surface area contributed by atoms with Gasteiger partial charge >= 0.3 is 12.0 Å². The number of aliphatic carboxylic acids is 1. The van der Waals surface area contributed by atoms with E-state index in [0.29, 0.717) is 13.1 Å².